The summed E-state index contributed by atoms with van der Waals surface area (Å²) in [7, 11) is 0. The maximum Gasteiger partial charge on any atom is 0.314 e. The number of anilines is 1. The van der Waals surface area contributed by atoms with Crippen LogP contribution in [-0.4, -0.2) is 28.6 Å². The van der Waals surface area contributed by atoms with Gasteiger partial charge in [-0.2, -0.15) is 0 Å². The van der Waals surface area contributed by atoms with Gasteiger partial charge in [-0.15, -0.1) is 0 Å². The maximum absolute atomic E-state index is 11.9. The number of carbonyl (C=O) groups excluding carboxylic acids is 2. The molecule has 0 saturated heterocycles. The van der Waals surface area contributed by atoms with Gasteiger partial charge in [0.15, 0.2) is 5.82 Å². The van der Waals surface area contributed by atoms with E-state index in [1.807, 2.05) is 0 Å². The van der Waals surface area contributed by atoms with E-state index in [0.717, 1.165) is 12.8 Å². The topological polar surface area (TPSA) is 118 Å². The molecular formula is C15H17N3O5. The molecule has 8 nitrogen and oxygen atoms in total. The summed E-state index contributed by atoms with van der Waals surface area (Å²) in [6.45, 7) is 1.57. The van der Waals surface area contributed by atoms with Crippen molar-refractivity contribution in [2.75, 3.05) is 11.9 Å². The van der Waals surface area contributed by atoms with Crippen molar-refractivity contribution in [1.82, 2.24) is 10.5 Å². The van der Waals surface area contributed by atoms with E-state index in [0.29, 0.717) is 11.5 Å². The lowest BCUT2D eigenvalue weighted by molar-refractivity contribution is -0.137. The molecule has 3 rings (SSSR count). The number of furan rings is 1. The number of hydrogen-bond donors (Lipinski definition) is 3. The van der Waals surface area contributed by atoms with Crippen molar-refractivity contribution in [2.45, 2.75) is 25.4 Å². The maximum atomic E-state index is 11.9. The molecule has 0 aromatic carbocycles. The Labute approximate surface area is 131 Å². The summed E-state index contributed by atoms with van der Waals surface area (Å²) in [5.41, 5.74) is -1.30. The quantitative estimate of drug-likeness (QED) is 0.706. The van der Waals surface area contributed by atoms with Crippen LogP contribution in [0.4, 0.5) is 5.82 Å². The third-order valence-corrected chi connectivity index (χ3v) is 3.79. The van der Waals surface area contributed by atoms with Crippen molar-refractivity contribution in [2.24, 2.45) is 5.92 Å². The molecule has 23 heavy (non-hydrogen) atoms. The average Bonchev–Trinajstić information content (AvgIpc) is 3.08. The molecule has 0 bridgehead atoms. The zero-order valence-electron chi connectivity index (χ0n) is 12.5. The number of aromatic nitrogens is 1. The van der Waals surface area contributed by atoms with Gasteiger partial charge in [0.2, 0.25) is 0 Å². The third-order valence-electron chi connectivity index (χ3n) is 3.79. The lowest BCUT2D eigenvalue weighted by Crippen LogP contribution is -2.45. The Hall–Kier alpha value is -2.61. The second-order valence-corrected chi connectivity index (χ2v) is 5.64. The fourth-order valence-electron chi connectivity index (χ4n) is 2.41. The van der Waals surface area contributed by atoms with Crippen LogP contribution in [0.5, 0.6) is 0 Å². The molecule has 1 unspecified atom stereocenters. The predicted molar refractivity (Wildman–Crippen MR) is 78.2 cm³/mol. The lowest BCUT2D eigenvalue weighted by atomic mass is 9.94. The first-order valence-corrected chi connectivity index (χ1v) is 7.28. The van der Waals surface area contributed by atoms with Crippen LogP contribution in [0, 0.1) is 12.8 Å². The van der Waals surface area contributed by atoms with Gasteiger partial charge in [-0.3, -0.25) is 14.9 Å². The van der Waals surface area contributed by atoms with Crippen molar-refractivity contribution in [3.05, 3.63) is 36.0 Å². The number of rotatable bonds is 5. The van der Waals surface area contributed by atoms with Gasteiger partial charge in [0.25, 0.3) is 0 Å². The van der Waals surface area contributed by atoms with E-state index in [-0.39, 0.29) is 18.3 Å². The largest absolute Gasteiger partial charge is 0.466 e. The van der Waals surface area contributed by atoms with Crippen LogP contribution in [-0.2, 0) is 15.2 Å². The number of aliphatic hydroxyl groups is 1. The molecule has 2 heterocycles. The first kappa shape index (κ1) is 15.3. The minimum absolute atomic E-state index is 0.00945. The molecule has 2 aromatic rings. The fraction of sp³-hybridized carbons (Fsp3) is 0.400. The lowest BCUT2D eigenvalue weighted by Gasteiger charge is -2.26. The molecule has 122 valence electrons. The zero-order valence-corrected chi connectivity index (χ0v) is 12.5. The van der Waals surface area contributed by atoms with Crippen LogP contribution in [0.15, 0.2) is 33.4 Å². The predicted octanol–water partition coefficient (Wildman–Crippen LogP) is 0.929. The van der Waals surface area contributed by atoms with Gasteiger partial charge in [-0.25, -0.2) is 0 Å². The third kappa shape index (κ3) is 3.26. The number of nitrogens with zero attached hydrogens (tertiary/aromatic N) is 1. The molecule has 0 radical (unpaired) electrons. The Morgan fingerprint density at radius 2 is 2.22 bits per heavy atom. The van der Waals surface area contributed by atoms with E-state index in [9.17, 15) is 14.7 Å². The summed E-state index contributed by atoms with van der Waals surface area (Å²) in [5.74, 6) is -0.678. The molecule has 0 spiro atoms. The number of aryl methyl sites for hydroxylation is 1. The Bertz CT molecular complexity index is 705. The molecule has 3 N–H and O–H groups in total. The molecule has 1 fully saturated rings. The summed E-state index contributed by atoms with van der Waals surface area (Å²) < 4.78 is 10.1. The number of nitrogens with one attached hydrogen (secondary N) is 2. The van der Waals surface area contributed by atoms with E-state index in [1.165, 1.54) is 12.3 Å². The van der Waals surface area contributed by atoms with Gasteiger partial charge in [0.1, 0.15) is 17.1 Å². The van der Waals surface area contributed by atoms with E-state index in [1.54, 1.807) is 19.1 Å². The number of carbonyl (C=O) groups is 2. The van der Waals surface area contributed by atoms with Crippen LogP contribution in [0.1, 0.15) is 24.4 Å². The highest BCUT2D eigenvalue weighted by molar-refractivity contribution is 6.39. The standard InChI is InChI=1S/C15H17N3O5/c1-9-7-12(18-23-9)17-14(20)13(19)16-8-15(21,10-4-5-10)11-3-2-6-22-11/h2-3,6-7,10,21H,4-5,8H2,1H3,(H,16,19)(H,17,18,20). The normalized spacial score (nSPS) is 16.6. The molecule has 8 heteroatoms. The van der Waals surface area contributed by atoms with E-state index in [2.05, 4.69) is 15.8 Å². The average molecular weight is 319 g/mol. The van der Waals surface area contributed by atoms with E-state index < -0.39 is 17.4 Å². The highest BCUT2D eigenvalue weighted by Gasteiger charge is 2.47. The van der Waals surface area contributed by atoms with Crippen molar-refractivity contribution in [3.63, 3.8) is 0 Å². The summed E-state index contributed by atoms with van der Waals surface area (Å²) >= 11 is 0. The Balaban J connectivity index is 1.60. The number of amides is 2. The summed E-state index contributed by atoms with van der Waals surface area (Å²) in [4.78, 5) is 23.7. The first-order chi connectivity index (χ1) is 11.0. The van der Waals surface area contributed by atoms with Crippen LogP contribution in [0.2, 0.25) is 0 Å². The van der Waals surface area contributed by atoms with Crippen molar-refractivity contribution in [3.8, 4) is 0 Å². The van der Waals surface area contributed by atoms with Gasteiger partial charge in [-0.1, -0.05) is 5.16 Å². The molecule has 1 aliphatic carbocycles. The van der Waals surface area contributed by atoms with Crippen LogP contribution in [0.25, 0.3) is 0 Å². The Kier molecular flexibility index (Phi) is 3.91. The van der Waals surface area contributed by atoms with Crippen LogP contribution >= 0.6 is 0 Å². The van der Waals surface area contributed by atoms with Gasteiger partial charge < -0.3 is 19.4 Å². The van der Waals surface area contributed by atoms with E-state index in [4.69, 9.17) is 8.94 Å². The van der Waals surface area contributed by atoms with Gasteiger partial charge >= 0.3 is 11.8 Å². The molecule has 2 aromatic heterocycles. The molecule has 1 atom stereocenters. The highest BCUT2D eigenvalue weighted by atomic mass is 16.5. The van der Waals surface area contributed by atoms with Crippen molar-refractivity contribution < 1.29 is 23.6 Å². The first-order valence-electron chi connectivity index (χ1n) is 7.28. The monoisotopic (exact) mass is 319 g/mol. The summed E-state index contributed by atoms with van der Waals surface area (Å²) in [5, 5.41) is 19.1. The van der Waals surface area contributed by atoms with Crippen LogP contribution in [0.3, 0.4) is 0 Å². The zero-order chi connectivity index (χ0) is 16.4. The van der Waals surface area contributed by atoms with Gasteiger partial charge in [-0.05, 0) is 37.8 Å². The van der Waals surface area contributed by atoms with Crippen LogP contribution < -0.4 is 10.6 Å². The molecule has 1 aliphatic rings. The smallest absolute Gasteiger partial charge is 0.314 e. The Morgan fingerprint density at radius 1 is 1.43 bits per heavy atom. The minimum Gasteiger partial charge on any atom is -0.466 e. The van der Waals surface area contributed by atoms with Gasteiger partial charge in [0.05, 0.1) is 12.8 Å². The number of hydrogen-bond acceptors (Lipinski definition) is 6. The highest BCUT2D eigenvalue weighted by Crippen LogP contribution is 2.45. The second kappa shape index (κ2) is 5.88. The van der Waals surface area contributed by atoms with Crippen molar-refractivity contribution in [1.29, 1.82) is 0 Å². The SMILES string of the molecule is Cc1cc(NC(=O)C(=O)NCC(O)(c2ccco2)C2CC2)no1. The molecule has 1 saturated carbocycles. The Morgan fingerprint density at radius 3 is 2.78 bits per heavy atom. The fourth-order valence-corrected chi connectivity index (χ4v) is 2.41. The van der Waals surface area contributed by atoms with E-state index >= 15 is 0 Å². The summed E-state index contributed by atoms with van der Waals surface area (Å²) in [6, 6.07) is 4.82. The molecule has 0 aliphatic heterocycles. The summed E-state index contributed by atoms with van der Waals surface area (Å²) in [6.07, 6.45) is 3.15. The molecular weight excluding hydrogens is 302 g/mol. The molecule has 2 amide bonds. The second-order valence-electron chi connectivity index (χ2n) is 5.64. The van der Waals surface area contributed by atoms with Crippen molar-refractivity contribution >= 4 is 17.6 Å². The van der Waals surface area contributed by atoms with Gasteiger partial charge in [0, 0.05) is 6.07 Å². The minimum atomic E-state index is -1.30.